The number of likely N-dealkylation sites (tertiary alicyclic amines) is 1. The first-order valence-corrected chi connectivity index (χ1v) is 10.4. The topological polar surface area (TPSA) is 49.4 Å². The second kappa shape index (κ2) is 8.59. The van der Waals surface area contributed by atoms with E-state index in [2.05, 4.69) is 5.32 Å². The molecule has 2 aromatic rings. The minimum absolute atomic E-state index is 0.0513. The summed E-state index contributed by atoms with van der Waals surface area (Å²) in [5, 5.41) is 2.91. The molecule has 1 aliphatic heterocycles. The van der Waals surface area contributed by atoms with Crippen LogP contribution in [0.4, 0.5) is 5.69 Å². The zero-order chi connectivity index (χ0) is 19.3. The second-order valence-electron chi connectivity index (χ2n) is 8.13. The van der Waals surface area contributed by atoms with Gasteiger partial charge in [-0.05, 0) is 54.5 Å². The zero-order valence-electron chi connectivity index (χ0n) is 16.3. The van der Waals surface area contributed by atoms with Crippen molar-refractivity contribution in [2.75, 3.05) is 18.4 Å². The minimum atomic E-state index is -0.0513. The summed E-state index contributed by atoms with van der Waals surface area (Å²) in [6.07, 6.45) is 6.75. The SMILES string of the molecule is O=C(Cc1ccccc1)Nc1ccc(C(=O)N2CC[C@@H]3CCCC[C@H]3C2)cc1. The van der Waals surface area contributed by atoms with Gasteiger partial charge in [-0.3, -0.25) is 9.59 Å². The number of carbonyl (C=O) groups excluding carboxylic acids is 2. The lowest BCUT2D eigenvalue weighted by Gasteiger charge is -2.41. The Morgan fingerprint density at radius 1 is 0.893 bits per heavy atom. The smallest absolute Gasteiger partial charge is 0.253 e. The highest BCUT2D eigenvalue weighted by atomic mass is 16.2. The highest BCUT2D eigenvalue weighted by molar-refractivity contribution is 5.96. The first-order chi connectivity index (χ1) is 13.7. The molecule has 4 heteroatoms. The Labute approximate surface area is 166 Å². The molecule has 1 saturated carbocycles. The van der Waals surface area contributed by atoms with Crippen LogP contribution in [-0.4, -0.2) is 29.8 Å². The predicted octanol–water partition coefficient (Wildman–Crippen LogP) is 4.52. The Kier molecular flexibility index (Phi) is 5.75. The van der Waals surface area contributed by atoms with Crippen LogP contribution in [0, 0.1) is 11.8 Å². The van der Waals surface area contributed by atoms with E-state index in [1.165, 1.54) is 25.7 Å². The number of hydrogen-bond donors (Lipinski definition) is 1. The van der Waals surface area contributed by atoms with Crippen molar-refractivity contribution in [3.05, 3.63) is 65.7 Å². The van der Waals surface area contributed by atoms with E-state index in [1.807, 2.05) is 59.5 Å². The van der Waals surface area contributed by atoms with Crippen LogP contribution >= 0.6 is 0 Å². The lowest BCUT2D eigenvalue weighted by atomic mass is 9.75. The van der Waals surface area contributed by atoms with E-state index in [4.69, 9.17) is 0 Å². The van der Waals surface area contributed by atoms with E-state index >= 15 is 0 Å². The van der Waals surface area contributed by atoms with Gasteiger partial charge in [-0.2, -0.15) is 0 Å². The molecule has 1 aliphatic carbocycles. The van der Waals surface area contributed by atoms with Gasteiger partial charge >= 0.3 is 0 Å². The zero-order valence-corrected chi connectivity index (χ0v) is 16.3. The number of benzene rings is 2. The van der Waals surface area contributed by atoms with Crippen LogP contribution < -0.4 is 5.32 Å². The highest BCUT2D eigenvalue weighted by Gasteiger charge is 2.33. The van der Waals surface area contributed by atoms with Crippen LogP contribution in [0.5, 0.6) is 0 Å². The Morgan fingerprint density at radius 3 is 2.36 bits per heavy atom. The molecule has 146 valence electrons. The van der Waals surface area contributed by atoms with Crippen molar-refractivity contribution in [3.63, 3.8) is 0 Å². The maximum Gasteiger partial charge on any atom is 0.253 e. The number of fused-ring (bicyclic) bond motifs is 1. The lowest BCUT2D eigenvalue weighted by molar-refractivity contribution is -0.115. The van der Waals surface area contributed by atoms with Gasteiger partial charge in [0.25, 0.3) is 5.91 Å². The van der Waals surface area contributed by atoms with Gasteiger partial charge in [0.2, 0.25) is 5.91 Å². The van der Waals surface area contributed by atoms with Gasteiger partial charge < -0.3 is 10.2 Å². The monoisotopic (exact) mass is 376 g/mol. The lowest BCUT2D eigenvalue weighted by Crippen LogP contribution is -2.44. The molecular formula is C24H28N2O2. The number of hydrogen-bond acceptors (Lipinski definition) is 2. The molecule has 0 radical (unpaired) electrons. The second-order valence-corrected chi connectivity index (χ2v) is 8.13. The van der Waals surface area contributed by atoms with Crippen LogP contribution in [0.1, 0.15) is 48.0 Å². The van der Waals surface area contributed by atoms with Crippen LogP contribution in [0.2, 0.25) is 0 Å². The summed E-state index contributed by atoms with van der Waals surface area (Å²) in [4.78, 5) is 27.1. The maximum absolute atomic E-state index is 12.9. The number of nitrogens with one attached hydrogen (secondary N) is 1. The highest BCUT2D eigenvalue weighted by Crippen LogP contribution is 2.36. The first-order valence-electron chi connectivity index (χ1n) is 10.4. The van der Waals surface area contributed by atoms with E-state index in [9.17, 15) is 9.59 Å². The number of piperidine rings is 1. The minimum Gasteiger partial charge on any atom is -0.338 e. The molecule has 4 nitrogen and oxygen atoms in total. The molecule has 4 rings (SSSR count). The van der Waals surface area contributed by atoms with Gasteiger partial charge in [0.15, 0.2) is 0 Å². The van der Waals surface area contributed by atoms with Crippen molar-refractivity contribution in [2.45, 2.75) is 38.5 Å². The molecule has 0 aromatic heterocycles. The number of carbonyl (C=O) groups is 2. The Balaban J connectivity index is 1.33. The summed E-state index contributed by atoms with van der Waals surface area (Å²) in [5.74, 6) is 1.57. The molecule has 2 aromatic carbocycles. The summed E-state index contributed by atoms with van der Waals surface area (Å²) in [5.41, 5.74) is 2.41. The van der Waals surface area contributed by atoms with E-state index in [1.54, 1.807) is 0 Å². The fourth-order valence-electron chi connectivity index (χ4n) is 4.65. The number of nitrogens with zero attached hydrogens (tertiary/aromatic N) is 1. The average molecular weight is 377 g/mol. The van der Waals surface area contributed by atoms with E-state index < -0.39 is 0 Å². The molecule has 28 heavy (non-hydrogen) atoms. The Bertz CT molecular complexity index is 816. The van der Waals surface area contributed by atoms with Crippen molar-refractivity contribution >= 4 is 17.5 Å². The molecule has 1 heterocycles. The molecule has 2 aliphatic rings. The Morgan fingerprint density at radius 2 is 1.61 bits per heavy atom. The van der Waals surface area contributed by atoms with Crippen molar-refractivity contribution in [3.8, 4) is 0 Å². The third kappa shape index (κ3) is 4.44. The normalized spacial score (nSPS) is 21.6. The summed E-state index contributed by atoms with van der Waals surface area (Å²) in [6.45, 7) is 1.77. The summed E-state index contributed by atoms with van der Waals surface area (Å²) >= 11 is 0. The molecule has 2 fully saturated rings. The van der Waals surface area contributed by atoms with Gasteiger partial charge in [-0.15, -0.1) is 0 Å². The molecule has 0 spiro atoms. The van der Waals surface area contributed by atoms with Gasteiger partial charge in [0.1, 0.15) is 0 Å². The molecule has 2 amide bonds. The molecule has 0 bridgehead atoms. The van der Waals surface area contributed by atoms with Gasteiger partial charge in [0.05, 0.1) is 6.42 Å². The molecule has 1 saturated heterocycles. The third-order valence-electron chi connectivity index (χ3n) is 6.20. The number of rotatable bonds is 4. The van der Waals surface area contributed by atoms with E-state index in [0.717, 1.165) is 36.7 Å². The quantitative estimate of drug-likeness (QED) is 0.853. The number of anilines is 1. The molecule has 0 unspecified atom stereocenters. The van der Waals surface area contributed by atoms with Crippen LogP contribution in [-0.2, 0) is 11.2 Å². The van der Waals surface area contributed by atoms with Crippen molar-refractivity contribution in [2.24, 2.45) is 11.8 Å². The number of amides is 2. The standard InChI is InChI=1S/C24H28N2O2/c27-23(16-18-6-2-1-3-7-18)25-22-12-10-20(11-13-22)24(28)26-15-14-19-8-4-5-9-21(19)17-26/h1-3,6-7,10-13,19,21H,4-5,8-9,14-17H2,(H,25,27)/t19-,21-/m0/s1. The van der Waals surface area contributed by atoms with Gasteiger partial charge in [-0.1, -0.05) is 49.6 Å². The summed E-state index contributed by atoms with van der Waals surface area (Å²) < 4.78 is 0. The summed E-state index contributed by atoms with van der Waals surface area (Å²) in [6, 6.07) is 17.0. The Hall–Kier alpha value is -2.62. The van der Waals surface area contributed by atoms with E-state index in [-0.39, 0.29) is 11.8 Å². The van der Waals surface area contributed by atoms with Gasteiger partial charge in [0, 0.05) is 24.3 Å². The maximum atomic E-state index is 12.9. The van der Waals surface area contributed by atoms with Crippen LogP contribution in [0.3, 0.4) is 0 Å². The van der Waals surface area contributed by atoms with Crippen LogP contribution in [0.25, 0.3) is 0 Å². The van der Waals surface area contributed by atoms with Crippen molar-refractivity contribution < 1.29 is 9.59 Å². The van der Waals surface area contributed by atoms with Gasteiger partial charge in [-0.25, -0.2) is 0 Å². The predicted molar refractivity (Wildman–Crippen MR) is 111 cm³/mol. The van der Waals surface area contributed by atoms with Crippen molar-refractivity contribution in [1.29, 1.82) is 0 Å². The third-order valence-corrected chi connectivity index (χ3v) is 6.20. The van der Waals surface area contributed by atoms with Crippen LogP contribution in [0.15, 0.2) is 54.6 Å². The average Bonchev–Trinajstić information content (AvgIpc) is 2.74. The first kappa shape index (κ1) is 18.7. The van der Waals surface area contributed by atoms with Crippen molar-refractivity contribution in [1.82, 2.24) is 4.90 Å². The molecule has 1 N–H and O–H groups in total. The summed E-state index contributed by atoms with van der Waals surface area (Å²) in [7, 11) is 0. The fraction of sp³-hybridized carbons (Fsp3) is 0.417. The molecule has 2 atom stereocenters. The van der Waals surface area contributed by atoms with E-state index in [0.29, 0.717) is 17.9 Å². The fourth-order valence-corrected chi connectivity index (χ4v) is 4.65. The molecular weight excluding hydrogens is 348 g/mol. The largest absolute Gasteiger partial charge is 0.338 e.